The Hall–Kier alpha value is -6.62. The van der Waals surface area contributed by atoms with Gasteiger partial charge in [-0.05, 0) is 48.5 Å². The van der Waals surface area contributed by atoms with E-state index in [9.17, 15) is 10.5 Å². The molecule has 0 fully saturated rings. The molecule has 43 heavy (non-hydrogen) atoms. The van der Waals surface area contributed by atoms with Gasteiger partial charge >= 0.3 is 0 Å². The van der Waals surface area contributed by atoms with E-state index in [4.69, 9.17) is 21.5 Å². The second kappa shape index (κ2) is 10.4. The molecule has 2 heterocycles. The fourth-order valence-electron chi connectivity index (χ4n) is 5.31. The van der Waals surface area contributed by atoms with Crippen LogP contribution in [-0.4, -0.2) is 19.5 Å². The first-order chi connectivity index (χ1) is 21.2. The first-order valence-electron chi connectivity index (χ1n) is 13.4. The van der Waals surface area contributed by atoms with Crippen molar-refractivity contribution in [3.8, 4) is 52.0 Å². The van der Waals surface area contributed by atoms with Crippen molar-refractivity contribution < 1.29 is 0 Å². The third kappa shape index (κ3) is 4.43. The van der Waals surface area contributed by atoms with Gasteiger partial charge in [0, 0.05) is 33.2 Å². The van der Waals surface area contributed by atoms with E-state index in [2.05, 4.69) is 21.6 Å². The summed E-state index contributed by atoms with van der Waals surface area (Å²) in [6.07, 6.45) is 0. The van der Waals surface area contributed by atoms with Gasteiger partial charge in [-0.1, -0.05) is 66.7 Å². The molecule has 0 bridgehead atoms. The van der Waals surface area contributed by atoms with Crippen LogP contribution in [0.5, 0.6) is 0 Å². The van der Waals surface area contributed by atoms with Crippen molar-refractivity contribution in [1.29, 1.82) is 10.5 Å². The number of hydrogen-bond donors (Lipinski definition) is 0. The van der Waals surface area contributed by atoms with E-state index in [1.54, 1.807) is 18.2 Å². The van der Waals surface area contributed by atoms with Crippen LogP contribution in [0.4, 0.5) is 5.69 Å². The number of nitrogens with zero attached hydrogens (tertiary/aromatic N) is 7. The third-order valence-electron chi connectivity index (χ3n) is 7.32. The SMILES string of the molecule is [C-]#[N+]c1ccc(-n2c3ccc(C#N)cc3c3cc(C#N)ccc32)cc1-c1nc(-c2ccccc2)nc(-c2ccccc2)n1. The minimum Gasteiger partial charge on any atom is -0.309 e. The summed E-state index contributed by atoms with van der Waals surface area (Å²) in [7, 11) is 0. The van der Waals surface area contributed by atoms with Gasteiger partial charge in [-0.3, -0.25) is 0 Å². The van der Waals surface area contributed by atoms with E-state index in [-0.39, 0.29) is 0 Å². The molecular weight excluding hydrogens is 530 g/mol. The van der Waals surface area contributed by atoms with Gasteiger partial charge in [-0.25, -0.2) is 19.8 Å². The van der Waals surface area contributed by atoms with Crippen molar-refractivity contribution in [2.24, 2.45) is 0 Å². The normalized spacial score (nSPS) is 10.7. The van der Waals surface area contributed by atoms with E-state index < -0.39 is 0 Å². The van der Waals surface area contributed by atoms with E-state index in [0.717, 1.165) is 38.6 Å². The largest absolute Gasteiger partial charge is 0.309 e. The van der Waals surface area contributed by atoms with Crippen molar-refractivity contribution in [2.45, 2.75) is 0 Å². The molecule has 198 valence electrons. The molecule has 7 nitrogen and oxygen atoms in total. The molecule has 7 aromatic rings. The summed E-state index contributed by atoms with van der Waals surface area (Å²) in [5, 5.41) is 20.9. The van der Waals surface area contributed by atoms with Crippen LogP contribution in [0.2, 0.25) is 0 Å². The van der Waals surface area contributed by atoms with E-state index >= 15 is 0 Å². The van der Waals surface area contributed by atoms with Crippen molar-refractivity contribution in [2.75, 3.05) is 0 Å². The zero-order valence-electron chi connectivity index (χ0n) is 22.6. The molecule has 0 radical (unpaired) electrons. The monoisotopic (exact) mass is 549 g/mol. The zero-order valence-corrected chi connectivity index (χ0v) is 22.6. The van der Waals surface area contributed by atoms with Gasteiger partial charge in [0.15, 0.2) is 23.2 Å². The smallest absolute Gasteiger partial charge is 0.198 e. The van der Waals surface area contributed by atoms with Crippen LogP contribution >= 0.6 is 0 Å². The van der Waals surface area contributed by atoms with E-state index in [1.807, 2.05) is 97.1 Å². The minimum atomic E-state index is 0.389. The molecule has 2 aromatic heterocycles. The van der Waals surface area contributed by atoms with Crippen LogP contribution in [0.3, 0.4) is 0 Å². The quantitative estimate of drug-likeness (QED) is 0.206. The maximum atomic E-state index is 9.57. The molecule has 0 N–H and O–H groups in total. The van der Waals surface area contributed by atoms with Gasteiger partial charge < -0.3 is 4.57 Å². The average Bonchev–Trinajstić information content (AvgIpc) is 3.41. The number of hydrogen-bond acceptors (Lipinski definition) is 5. The molecule has 0 saturated heterocycles. The summed E-state index contributed by atoms with van der Waals surface area (Å²) in [6, 6.07) is 40.5. The Kier molecular flexibility index (Phi) is 6.14. The molecule has 5 aromatic carbocycles. The molecule has 0 amide bonds. The molecule has 0 aliphatic carbocycles. The second-order valence-electron chi connectivity index (χ2n) is 9.87. The number of aromatic nitrogens is 4. The third-order valence-corrected chi connectivity index (χ3v) is 7.32. The second-order valence-corrected chi connectivity index (χ2v) is 9.87. The maximum absolute atomic E-state index is 9.57. The summed E-state index contributed by atoms with van der Waals surface area (Å²) in [6.45, 7) is 7.95. The number of benzene rings is 5. The van der Waals surface area contributed by atoms with Crippen LogP contribution in [0.25, 0.3) is 66.5 Å². The molecule has 0 atom stereocenters. The van der Waals surface area contributed by atoms with E-state index in [0.29, 0.717) is 39.9 Å². The topological polar surface area (TPSA) is 95.5 Å². The lowest BCUT2D eigenvalue weighted by Crippen LogP contribution is -2.01. The molecule has 0 saturated carbocycles. The first kappa shape index (κ1) is 25.4. The van der Waals surface area contributed by atoms with E-state index in [1.165, 1.54) is 0 Å². The summed E-state index contributed by atoms with van der Waals surface area (Å²) in [4.78, 5) is 18.3. The van der Waals surface area contributed by atoms with Gasteiger partial charge in [0.25, 0.3) is 0 Å². The van der Waals surface area contributed by atoms with Gasteiger partial charge in [0.1, 0.15) is 0 Å². The fourth-order valence-corrected chi connectivity index (χ4v) is 5.31. The Bertz CT molecular complexity index is 2190. The van der Waals surface area contributed by atoms with Crippen LogP contribution in [0, 0.1) is 29.2 Å². The molecule has 0 spiro atoms. The van der Waals surface area contributed by atoms with Crippen molar-refractivity contribution in [1.82, 2.24) is 19.5 Å². The lowest BCUT2D eigenvalue weighted by molar-refractivity contribution is 1.07. The van der Waals surface area contributed by atoms with Crippen molar-refractivity contribution in [3.63, 3.8) is 0 Å². The average molecular weight is 550 g/mol. The summed E-state index contributed by atoms with van der Waals surface area (Å²) < 4.78 is 2.07. The molecule has 0 aliphatic heterocycles. The zero-order chi connectivity index (χ0) is 29.3. The van der Waals surface area contributed by atoms with Crippen LogP contribution < -0.4 is 0 Å². The Balaban J connectivity index is 1.50. The summed E-state index contributed by atoms with van der Waals surface area (Å²) in [5.41, 5.74) is 6.26. The van der Waals surface area contributed by atoms with Crippen molar-refractivity contribution in [3.05, 3.63) is 138 Å². The Morgan fingerprint density at radius 2 is 1.09 bits per heavy atom. The Morgan fingerprint density at radius 1 is 0.581 bits per heavy atom. The highest BCUT2D eigenvalue weighted by molar-refractivity contribution is 6.10. The number of rotatable bonds is 4. The highest BCUT2D eigenvalue weighted by Gasteiger charge is 2.18. The predicted molar refractivity (Wildman–Crippen MR) is 166 cm³/mol. The lowest BCUT2D eigenvalue weighted by atomic mass is 10.1. The van der Waals surface area contributed by atoms with Gasteiger partial charge in [-0.15, -0.1) is 0 Å². The molecule has 7 heteroatoms. The molecule has 0 unspecified atom stereocenters. The van der Waals surface area contributed by atoms with Crippen LogP contribution in [0.1, 0.15) is 11.1 Å². The first-order valence-corrected chi connectivity index (χ1v) is 13.4. The predicted octanol–water partition coefficient (Wildman–Crippen LogP) is 8.26. The lowest BCUT2D eigenvalue weighted by Gasteiger charge is -2.13. The Morgan fingerprint density at radius 3 is 1.58 bits per heavy atom. The maximum Gasteiger partial charge on any atom is 0.198 e. The van der Waals surface area contributed by atoms with Gasteiger partial charge in [-0.2, -0.15) is 10.5 Å². The standard InChI is InChI=1S/C36H19N7/c1-39-31-15-14-27(43-32-16-12-23(21-37)18-28(32)29-19-24(22-38)13-17-33(29)43)20-30(31)36-41-34(25-8-4-2-5-9-25)40-35(42-36)26-10-6-3-7-11-26/h2-20H. The van der Waals surface area contributed by atoms with Gasteiger partial charge in [0.2, 0.25) is 0 Å². The Labute approximate surface area is 247 Å². The van der Waals surface area contributed by atoms with Crippen LogP contribution in [-0.2, 0) is 0 Å². The van der Waals surface area contributed by atoms with Gasteiger partial charge in [0.05, 0.1) is 40.9 Å². The molecule has 0 aliphatic rings. The highest BCUT2D eigenvalue weighted by Crippen LogP contribution is 2.37. The number of fused-ring (bicyclic) bond motifs is 3. The minimum absolute atomic E-state index is 0.389. The highest BCUT2D eigenvalue weighted by atomic mass is 15.0. The van der Waals surface area contributed by atoms with Crippen molar-refractivity contribution >= 4 is 27.5 Å². The number of nitriles is 2. The molecular formula is C36H19N7. The fraction of sp³-hybridized carbons (Fsp3) is 0. The molecule has 7 rings (SSSR count). The summed E-state index contributed by atoms with van der Waals surface area (Å²) >= 11 is 0. The summed E-state index contributed by atoms with van der Waals surface area (Å²) in [5.74, 6) is 1.41. The van der Waals surface area contributed by atoms with Crippen LogP contribution in [0.15, 0.2) is 115 Å².